The Hall–Kier alpha value is -2.61. The first-order chi connectivity index (χ1) is 11.5. The number of nitrogens with two attached hydrogens (primary N) is 1. The van der Waals surface area contributed by atoms with E-state index in [1.165, 1.54) is 11.6 Å². The van der Waals surface area contributed by atoms with Gasteiger partial charge < -0.3 is 11.1 Å². The summed E-state index contributed by atoms with van der Waals surface area (Å²) in [5.74, 6) is -0.382. The lowest BCUT2D eigenvalue weighted by Crippen LogP contribution is -2.41. The number of rotatable bonds is 6. The van der Waals surface area contributed by atoms with Crippen molar-refractivity contribution < 1.29 is 4.79 Å². The predicted octanol–water partition coefficient (Wildman–Crippen LogP) is 1.64. The first-order valence-corrected chi connectivity index (χ1v) is 8.47. The van der Waals surface area contributed by atoms with E-state index >= 15 is 0 Å². The number of nitrogen functional groups attached to an aromatic ring is 1. The van der Waals surface area contributed by atoms with E-state index in [4.69, 9.17) is 5.73 Å². The summed E-state index contributed by atoms with van der Waals surface area (Å²) in [4.78, 5) is 36.3. The molecule has 8 heteroatoms. The van der Waals surface area contributed by atoms with E-state index in [9.17, 15) is 14.4 Å². The van der Waals surface area contributed by atoms with Crippen molar-refractivity contribution in [3.63, 3.8) is 0 Å². The molecule has 3 N–H and O–H groups in total. The van der Waals surface area contributed by atoms with Crippen LogP contribution < -0.4 is 22.3 Å². The van der Waals surface area contributed by atoms with Gasteiger partial charge in [-0.25, -0.2) is 4.79 Å². The van der Waals surface area contributed by atoms with E-state index < -0.39 is 11.2 Å². The molecule has 0 radical (unpaired) electrons. The fraction of sp³-hybridized carbons (Fsp3) is 0.312. The van der Waals surface area contributed by atoms with E-state index in [0.29, 0.717) is 13.0 Å². The fourth-order valence-corrected chi connectivity index (χ4v) is 2.83. The molecule has 0 saturated carbocycles. The summed E-state index contributed by atoms with van der Waals surface area (Å²) in [5, 5.41) is 6.43. The number of hydrogen-bond acceptors (Lipinski definition) is 5. The minimum atomic E-state index is -0.611. The summed E-state index contributed by atoms with van der Waals surface area (Å²) in [5.41, 5.74) is 5.77. The van der Waals surface area contributed by atoms with Crippen molar-refractivity contribution in [2.45, 2.75) is 26.3 Å². The van der Waals surface area contributed by atoms with Crippen molar-refractivity contribution in [1.82, 2.24) is 9.13 Å². The summed E-state index contributed by atoms with van der Waals surface area (Å²) in [6.07, 6.45) is 4.32. The van der Waals surface area contributed by atoms with Crippen LogP contribution in [0.4, 0.5) is 11.5 Å². The summed E-state index contributed by atoms with van der Waals surface area (Å²) in [6, 6.07) is 1.94. The summed E-state index contributed by atoms with van der Waals surface area (Å²) < 4.78 is 2.24. The van der Waals surface area contributed by atoms with Gasteiger partial charge in [-0.05, 0) is 28.8 Å². The highest BCUT2D eigenvalue weighted by Crippen LogP contribution is 2.12. The highest BCUT2D eigenvalue weighted by molar-refractivity contribution is 7.08. The van der Waals surface area contributed by atoms with Crippen LogP contribution >= 0.6 is 11.3 Å². The van der Waals surface area contributed by atoms with Gasteiger partial charge in [0.25, 0.3) is 5.56 Å². The maximum atomic E-state index is 12.2. The summed E-state index contributed by atoms with van der Waals surface area (Å²) >= 11 is 1.57. The van der Waals surface area contributed by atoms with E-state index in [1.807, 2.05) is 29.8 Å². The molecule has 7 nitrogen and oxygen atoms in total. The third-order valence-electron chi connectivity index (χ3n) is 3.45. The molecule has 2 aromatic rings. The molecule has 0 unspecified atom stereocenters. The number of nitrogens with zero attached hydrogens (tertiary/aromatic N) is 2. The molecule has 0 aromatic carbocycles. The Morgan fingerprint density at radius 3 is 2.79 bits per heavy atom. The second-order valence-electron chi connectivity index (χ2n) is 5.27. The summed E-state index contributed by atoms with van der Waals surface area (Å²) in [6.45, 7) is 2.27. The zero-order valence-electron chi connectivity index (χ0n) is 13.6. The third-order valence-corrected chi connectivity index (χ3v) is 4.15. The Balaban J connectivity index is 2.21. The van der Waals surface area contributed by atoms with Crippen molar-refractivity contribution >= 4 is 34.8 Å². The average Bonchev–Trinajstić information content (AvgIpc) is 3.07. The first-order valence-electron chi connectivity index (χ1n) is 7.53. The quantitative estimate of drug-likeness (QED) is 0.829. The van der Waals surface area contributed by atoms with Crippen LogP contribution in [0.1, 0.15) is 25.3 Å². The minimum Gasteiger partial charge on any atom is -0.383 e. The van der Waals surface area contributed by atoms with Crippen LogP contribution in [0.3, 0.4) is 0 Å². The van der Waals surface area contributed by atoms with Gasteiger partial charge in [0.05, 0.1) is 0 Å². The molecule has 0 aliphatic heterocycles. The molecule has 1 amide bonds. The third kappa shape index (κ3) is 3.83. The van der Waals surface area contributed by atoms with Crippen LogP contribution in [0.2, 0.25) is 0 Å². The highest BCUT2D eigenvalue weighted by atomic mass is 32.1. The Bertz CT molecular complexity index is 863. The maximum Gasteiger partial charge on any atom is 0.332 e. The van der Waals surface area contributed by atoms with Crippen LogP contribution in [0.25, 0.3) is 6.08 Å². The second kappa shape index (κ2) is 7.78. The molecule has 0 spiro atoms. The summed E-state index contributed by atoms with van der Waals surface area (Å²) in [7, 11) is 1.36. The smallest absolute Gasteiger partial charge is 0.332 e. The normalized spacial score (nSPS) is 11.1. The standard InChI is InChI=1S/C16H20N4O3S/c1-3-8-20-14(17)13(15(22)19(2)16(20)23)18-12(21)6-4-5-11-7-9-24-10-11/h4-5,7,9-10H,3,6,8,17H2,1-2H3,(H,18,21)/b5-4+. The number of hydrogen-bond donors (Lipinski definition) is 2. The van der Waals surface area contributed by atoms with Crippen LogP contribution in [0, 0.1) is 0 Å². The van der Waals surface area contributed by atoms with Crippen LogP contribution in [-0.4, -0.2) is 15.0 Å². The van der Waals surface area contributed by atoms with Gasteiger partial charge in [-0.1, -0.05) is 19.1 Å². The highest BCUT2D eigenvalue weighted by Gasteiger charge is 2.16. The first kappa shape index (κ1) is 17.7. The number of carbonyl (C=O) groups is 1. The lowest BCUT2D eigenvalue weighted by Gasteiger charge is -2.14. The van der Waals surface area contributed by atoms with Gasteiger partial charge in [-0.15, -0.1) is 0 Å². The van der Waals surface area contributed by atoms with Crippen LogP contribution in [0.15, 0.2) is 32.5 Å². The van der Waals surface area contributed by atoms with Crippen molar-refractivity contribution in [2.24, 2.45) is 7.05 Å². The van der Waals surface area contributed by atoms with Gasteiger partial charge in [0, 0.05) is 20.0 Å². The lowest BCUT2D eigenvalue weighted by molar-refractivity contribution is -0.115. The molecule has 2 heterocycles. The molecule has 0 aliphatic carbocycles. The predicted molar refractivity (Wildman–Crippen MR) is 97.2 cm³/mol. The van der Waals surface area contributed by atoms with E-state index in [2.05, 4.69) is 5.32 Å². The van der Waals surface area contributed by atoms with Crippen molar-refractivity contribution in [3.8, 4) is 0 Å². The van der Waals surface area contributed by atoms with Crippen LogP contribution in [0.5, 0.6) is 0 Å². The average molecular weight is 348 g/mol. The molecule has 0 atom stereocenters. The van der Waals surface area contributed by atoms with Crippen molar-refractivity contribution in [1.29, 1.82) is 0 Å². The number of aromatic nitrogens is 2. The topological polar surface area (TPSA) is 99.1 Å². The molecule has 128 valence electrons. The number of thiophene rings is 1. The molecular formula is C16H20N4O3S. The lowest BCUT2D eigenvalue weighted by atomic mass is 10.2. The van der Waals surface area contributed by atoms with Crippen molar-refractivity contribution in [3.05, 3.63) is 49.3 Å². The number of amides is 1. The molecule has 2 rings (SSSR count). The Morgan fingerprint density at radius 1 is 1.42 bits per heavy atom. The zero-order valence-corrected chi connectivity index (χ0v) is 14.4. The van der Waals surface area contributed by atoms with Gasteiger partial charge in [0.1, 0.15) is 11.5 Å². The van der Waals surface area contributed by atoms with Gasteiger partial charge in [0.2, 0.25) is 5.91 Å². The van der Waals surface area contributed by atoms with E-state index in [-0.39, 0.29) is 23.8 Å². The fourth-order valence-electron chi connectivity index (χ4n) is 2.20. The molecule has 0 saturated heterocycles. The maximum absolute atomic E-state index is 12.2. The van der Waals surface area contributed by atoms with Gasteiger partial charge in [-0.3, -0.25) is 18.7 Å². The Labute approximate surface area is 143 Å². The van der Waals surface area contributed by atoms with Gasteiger partial charge in [0.15, 0.2) is 0 Å². The van der Waals surface area contributed by atoms with E-state index in [0.717, 1.165) is 10.1 Å². The monoisotopic (exact) mass is 348 g/mol. The van der Waals surface area contributed by atoms with Gasteiger partial charge in [-0.2, -0.15) is 11.3 Å². The Kier molecular flexibility index (Phi) is 5.75. The Morgan fingerprint density at radius 2 is 2.17 bits per heavy atom. The number of nitrogens with one attached hydrogen (secondary N) is 1. The SMILES string of the molecule is CCCn1c(N)c(NC(=O)C/C=C/c2ccsc2)c(=O)n(C)c1=O. The molecule has 24 heavy (non-hydrogen) atoms. The molecule has 0 fully saturated rings. The molecular weight excluding hydrogens is 328 g/mol. The number of anilines is 2. The van der Waals surface area contributed by atoms with Crippen molar-refractivity contribution in [2.75, 3.05) is 11.1 Å². The zero-order chi connectivity index (χ0) is 17.7. The largest absolute Gasteiger partial charge is 0.383 e. The molecule has 2 aromatic heterocycles. The molecule has 0 aliphatic rings. The number of carbonyl (C=O) groups excluding carboxylic acids is 1. The van der Waals surface area contributed by atoms with E-state index in [1.54, 1.807) is 17.4 Å². The minimum absolute atomic E-state index is 0.0138. The second-order valence-corrected chi connectivity index (χ2v) is 6.05. The van der Waals surface area contributed by atoms with Crippen LogP contribution in [-0.2, 0) is 18.4 Å². The van der Waals surface area contributed by atoms with Gasteiger partial charge >= 0.3 is 5.69 Å². The molecule has 0 bridgehead atoms.